The molecule has 1 aliphatic heterocycles. The molecule has 1 aliphatic rings. The van der Waals surface area contributed by atoms with Crippen molar-refractivity contribution in [2.24, 2.45) is 0 Å². The van der Waals surface area contributed by atoms with Crippen LogP contribution in [0.3, 0.4) is 0 Å². The Hall–Kier alpha value is 0.440. The molecule has 2 heteroatoms. The Balaban J connectivity index is 0.00000196. The standard InChI is InChI=1S/C13H28N.BrH/c1-3-5-11-14(10-4-2)12-8-6-7-9-13-14;/h3-13H2,1-2H3;1H/q+1;/p-1. The van der Waals surface area contributed by atoms with Crippen LogP contribution in [-0.2, 0) is 0 Å². The summed E-state index contributed by atoms with van der Waals surface area (Å²) in [6, 6.07) is 0. The molecule has 0 unspecified atom stereocenters. The van der Waals surface area contributed by atoms with E-state index >= 15 is 0 Å². The molecule has 0 amide bonds. The molecule has 0 spiro atoms. The van der Waals surface area contributed by atoms with Crippen molar-refractivity contribution in [3.63, 3.8) is 0 Å². The Morgan fingerprint density at radius 1 is 0.800 bits per heavy atom. The molecule has 0 aromatic heterocycles. The molecule has 1 heterocycles. The van der Waals surface area contributed by atoms with Crippen molar-refractivity contribution >= 4 is 0 Å². The van der Waals surface area contributed by atoms with Crippen LogP contribution < -0.4 is 17.0 Å². The highest BCUT2D eigenvalue weighted by Gasteiger charge is 2.26. The third-order valence-electron chi connectivity index (χ3n) is 3.70. The van der Waals surface area contributed by atoms with Crippen molar-refractivity contribution in [2.45, 2.75) is 58.8 Å². The molecule has 1 saturated heterocycles. The molecule has 15 heavy (non-hydrogen) atoms. The predicted octanol–water partition coefficient (Wildman–Crippen LogP) is 0.591. The van der Waals surface area contributed by atoms with Crippen molar-refractivity contribution in [2.75, 3.05) is 26.2 Å². The number of hydrogen-bond donors (Lipinski definition) is 0. The van der Waals surface area contributed by atoms with E-state index < -0.39 is 0 Å². The van der Waals surface area contributed by atoms with Gasteiger partial charge >= 0.3 is 0 Å². The van der Waals surface area contributed by atoms with Gasteiger partial charge in [0.25, 0.3) is 0 Å². The van der Waals surface area contributed by atoms with Crippen molar-refractivity contribution in [3.05, 3.63) is 0 Å². The number of likely N-dealkylation sites (tertiary alicyclic amines) is 1. The number of hydrogen-bond acceptors (Lipinski definition) is 0. The van der Waals surface area contributed by atoms with Crippen molar-refractivity contribution in [3.8, 4) is 0 Å². The van der Waals surface area contributed by atoms with Crippen LogP contribution in [0.1, 0.15) is 58.8 Å². The minimum absolute atomic E-state index is 0. The smallest absolute Gasteiger partial charge is 0.0786 e. The van der Waals surface area contributed by atoms with Crippen LogP contribution in [0.5, 0.6) is 0 Å². The highest BCUT2D eigenvalue weighted by atomic mass is 79.9. The average molecular weight is 278 g/mol. The van der Waals surface area contributed by atoms with Gasteiger partial charge in [0, 0.05) is 0 Å². The molecule has 0 bridgehead atoms. The van der Waals surface area contributed by atoms with Crippen molar-refractivity contribution < 1.29 is 21.5 Å². The first-order valence-electron chi connectivity index (χ1n) is 6.68. The highest BCUT2D eigenvalue weighted by Crippen LogP contribution is 2.20. The number of quaternary nitrogens is 1. The van der Waals surface area contributed by atoms with Crippen LogP contribution >= 0.6 is 0 Å². The lowest BCUT2D eigenvalue weighted by molar-refractivity contribution is -0.927. The van der Waals surface area contributed by atoms with E-state index in [-0.39, 0.29) is 17.0 Å². The van der Waals surface area contributed by atoms with Crippen molar-refractivity contribution in [1.82, 2.24) is 0 Å². The predicted molar refractivity (Wildman–Crippen MR) is 63.4 cm³/mol. The van der Waals surface area contributed by atoms with Gasteiger partial charge in [-0.1, -0.05) is 20.3 Å². The lowest BCUT2D eigenvalue weighted by Gasteiger charge is -2.37. The van der Waals surface area contributed by atoms with E-state index in [2.05, 4.69) is 13.8 Å². The first-order chi connectivity index (χ1) is 6.83. The molecule has 0 aromatic rings. The Labute approximate surface area is 107 Å². The van der Waals surface area contributed by atoms with Gasteiger partial charge in [0.15, 0.2) is 0 Å². The Kier molecular flexibility index (Phi) is 8.83. The van der Waals surface area contributed by atoms with Gasteiger partial charge in [-0.2, -0.15) is 0 Å². The second-order valence-electron chi connectivity index (χ2n) is 5.00. The summed E-state index contributed by atoms with van der Waals surface area (Å²) < 4.78 is 1.45. The monoisotopic (exact) mass is 277 g/mol. The molecule has 0 atom stereocenters. The van der Waals surface area contributed by atoms with E-state index in [4.69, 9.17) is 0 Å². The summed E-state index contributed by atoms with van der Waals surface area (Å²) in [5.74, 6) is 0. The highest BCUT2D eigenvalue weighted by molar-refractivity contribution is 4.54. The Bertz CT molecular complexity index is 139. The van der Waals surface area contributed by atoms with Crippen LogP contribution in [0.15, 0.2) is 0 Å². The van der Waals surface area contributed by atoms with Crippen LogP contribution in [0.25, 0.3) is 0 Å². The van der Waals surface area contributed by atoms with Crippen LogP contribution in [0.4, 0.5) is 0 Å². The topological polar surface area (TPSA) is 0 Å². The van der Waals surface area contributed by atoms with Gasteiger partial charge in [-0.3, -0.25) is 0 Å². The number of unbranched alkanes of at least 4 members (excludes halogenated alkanes) is 1. The van der Waals surface area contributed by atoms with E-state index in [1.807, 2.05) is 0 Å². The zero-order valence-electron chi connectivity index (χ0n) is 10.6. The minimum Gasteiger partial charge on any atom is -1.00 e. The second-order valence-corrected chi connectivity index (χ2v) is 5.00. The summed E-state index contributed by atoms with van der Waals surface area (Å²) in [7, 11) is 0. The van der Waals surface area contributed by atoms with E-state index in [0.717, 1.165) is 0 Å². The maximum atomic E-state index is 2.34. The first-order valence-corrected chi connectivity index (χ1v) is 6.68. The van der Waals surface area contributed by atoms with Crippen LogP contribution in [0, 0.1) is 0 Å². The number of nitrogens with zero attached hydrogens (tertiary/aromatic N) is 1. The fourth-order valence-electron chi connectivity index (χ4n) is 2.89. The number of rotatable bonds is 5. The summed E-state index contributed by atoms with van der Waals surface area (Å²) in [6.45, 7) is 10.5. The molecule has 1 fully saturated rings. The zero-order chi connectivity index (χ0) is 10.3. The molecule has 1 rings (SSSR count). The van der Waals surface area contributed by atoms with E-state index in [1.165, 1.54) is 75.6 Å². The van der Waals surface area contributed by atoms with E-state index in [9.17, 15) is 0 Å². The average Bonchev–Trinajstić information content (AvgIpc) is 2.42. The SMILES string of the molecule is CCCC[N+]1(CCC)CCCCCC1.[Br-]. The molecule has 1 nitrogen and oxygen atoms in total. The van der Waals surface area contributed by atoms with Gasteiger partial charge in [-0.05, 0) is 38.5 Å². The lowest BCUT2D eigenvalue weighted by Crippen LogP contribution is -3.00. The minimum atomic E-state index is 0. The molecular weight excluding hydrogens is 250 g/mol. The summed E-state index contributed by atoms with van der Waals surface area (Å²) in [6.07, 6.45) is 10.1. The number of halogens is 1. The van der Waals surface area contributed by atoms with Gasteiger partial charge in [-0.15, -0.1) is 0 Å². The Morgan fingerprint density at radius 2 is 1.40 bits per heavy atom. The zero-order valence-corrected chi connectivity index (χ0v) is 12.2. The summed E-state index contributed by atoms with van der Waals surface area (Å²) >= 11 is 0. The molecule has 0 aromatic carbocycles. The van der Waals surface area contributed by atoms with Gasteiger partial charge in [-0.25, -0.2) is 0 Å². The Morgan fingerprint density at radius 3 is 1.87 bits per heavy atom. The van der Waals surface area contributed by atoms with Crippen LogP contribution in [-0.4, -0.2) is 30.7 Å². The second kappa shape index (κ2) is 8.58. The maximum absolute atomic E-state index is 2.34. The fourth-order valence-corrected chi connectivity index (χ4v) is 2.89. The van der Waals surface area contributed by atoms with Gasteiger partial charge in [0.1, 0.15) is 0 Å². The van der Waals surface area contributed by atoms with Gasteiger partial charge in [0.2, 0.25) is 0 Å². The van der Waals surface area contributed by atoms with Gasteiger partial charge < -0.3 is 21.5 Å². The fraction of sp³-hybridized carbons (Fsp3) is 1.00. The van der Waals surface area contributed by atoms with E-state index in [1.54, 1.807) is 0 Å². The first kappa shape index (κ1) is 15.4. The molecule has 0 radical (unpaired) electrons. The summed E-state index contributed by atoms with van der Waals surface area (Å²) in [4.78, 5) is 0. The molecular formula is C13H28BrN. The normalized spacial score (nSPS) is 20.4. The molecule has 92 valence electrons. The largest absolute Gasteiger partial charge is 1.00 e. The van der Waals surface area contributed by atoms with Crippen molar-refractivity contribution in [1.29, 1.82) is 0 Å². The molecule has 0 saturated carbocycles. The summed E-state index contributed by atoms with van der Waals surface area (Å²) in [5.41, 5.74) is 0. The third kappa shape index (κ3) is 5.35. The van der Waals surface area contributed by atoms with Gasteiger partial charge in [0.05, 0.1) is 26.2 Å². The quantitative estimate of drug-likeness (QED) is 0.646. The van der Waals surface area contributed by atoms with E-state index in [0.29, 0.717) is 0 Å². The lowest BCUT2D eigenvalue weighted by atomic mass is 10.2. The maximum Gasteiger partial charge on any atom is 0.0786 e. The molecule has 0 N–H and O–H groups in total. The van der Waals surface area contributed by atoms with Crippen LogP contribution in [0.2, 0.25) is 0 Å². The summed E-state index contributed by atoms with van der Waals surface area (Å²) in [5, 5.41) is 0. The molecule has 0 aliphatic carbocycles. The third-order valence-corrected chi connectivity index (χ3v) is 3.70.